The van der Waals surface area contributed by atoms with Gasteiger partial charge in [0.2, 0.25) is 0 Å². The number of anilines is 2. The second kappa shape index (κ2) is 7.84. The van der Waals surface area contributed by atoms with Crippen LogP contribution in [0.15, 0.2) is 40.5 Å². The van der Waals surface area contributed by atoms with Crippen LogP contribution in [-0.4, -0.2) is 27.6 Å². The van der Waals surface area contributed by atoms with Crippen molar-refractivity contribution in [3.8, 4) is 0 Å². The zero-order chi connectivity index (χ0) is 17.8. The van der Waals surface area contributed by atoms with Gasteiger partial charge in [-0.15, -0.1) is 0 Å². The van der Waals surface area contributed by atoms with E-state index >= 15 is 0 Å². The summed E-state index contributed by atoms with van der Waals surface area (Å²) in [6, 6.07) is 6.32. The zero-order valence-electron chi connectivity index (χ0n) is 14.3. The van der Waals surface area contributed by atoms with Crippen molar-refractivity contribution in [2.75, 3.05) is 11.9 Å². The summed E-state index contributed by atoms with van der Waals surface area (Å²) in [6.07, 6.45) is 4.22. The summed E-state index contributed by atoms with van der Waals surface area (Å²) in [5, 5.41) is 16.6. The summed E-state index contributed by atoms with van der Waals surface area (Å²) >= 11 is 1.62. The first-order valence-corrected chi connectivity index (χ1v) is 9.18. The van der Waals surface area contributed by atoms with E-state index in [1.807, 2.05) is 6.92 Å². The topological polar surface area (TPSA) is 87.1 Å². The predicted octanol–water partition coefficient (Wildman–Crippen LogP) is 3.52. The fourth-order valence-corrected chi connectivity index (χ4v) is 3.53. The third-order valence-corrected chi connectivity index (χ3v) is 5.59. The summed E-state index contributed by atoms with van der Waals surface area (Å²) in [5.74, 6) is -0.0923. The van der Waals surface area contributed by atoms with Crippen molar-refractivity contribution in [3.05, 3.63) is 36.2 Å². The molecular weight excluding hydrogens is 336 g/mol. The van der Waals surface area contributed by atoms with Crippen LogP contribution in [-0.2, 0) is 11.3 Å². The third-order valence-electron chi connectivity index (χ3n) is 4.52. The summed E-state index contributed by atoms with van der Waals surface area (Å²) in [6.45, 7) is 5.30. The lowest BCUT2D eigenvalue weighted by Gasteiger charge is -2.19. The third kappa shape index (κ3) is 4.29. The highest BCUT2D eigenvalue weighted by Crippen LogP contribution is 2.41. The molecule has 2 aromatic rings. The van der Waals surface area contributed by atoms with Crippen LogP contribution in [0.4, 0.5) is 11.5 Å². The number of benzene rings is 1. The van der Waals surface area contributed by atoms with Gasteiger partial charge in [0, 0.05) is 23.8 Å². The largest absolute Gasteiger partial charge is 0.481 e. The first-order valence-electron chi connectivity index (χ1n) is 8.37. The van der Waals surface area contributed by atoms with Gasteiger partial charge in [0.25, 0.3) is 0 Å². The number of hydrogen-bond donors (Lipinski definition) is 3. The SMILES string of the molecule is CC(CCNCc1ccc2c(c1)Nc1nccnc1S2)C(C)C(=O)O. The van der Waals surface area contributed by atoms with Gasteiger partial charge in [-0.3, -0.25) is 4.79 Å². The molecule has 6 nitrogen and oxygen atoms in total. The van der Waals surface area contributed by atoms with Gasteiger partial charge in [0.1, 0.15) is 5.03 Å². The number of carboxylic acid groups (broad SMARTS) is 1. The second-order valence-electron chi connectivity index (χ2n) is 6.34. The molecule has 0 fully saturated rings. The number of nitrogens with one attached hydrogen (secondary N) is 2. The van der Waals surface area contributed by atoms with Crippen molar-refractivity contribution in [1.29, 1.82) is 0 Å². The van der Waals surface area contributed by atoms with Gasteiger partial charge in [-0.05, 0) is 36.6 Å². The molecule has 0 saturated heterocycles. The molecule has 1 aromatic carbocycles. The molecule has 25 heavy (non-hydrogen) atoms. The van der Waals surface area contributed by atoms with Crippen LogP contribution in [0.25, 0.3) is 0 Å². The first-order chi connectivity index (χ1) is 12.0. The zero-order valence-corrected chi connectivity index (χ0v) is 15.1. The lowest BCUT2D eigenvalue weighted by Crippen LogP contribution is -2.23. The van der Waals surface area contributed by atoms with E-state index in [4.69, 9.17) is 5.11 Å². The lowest BCUT2D eigenvalue weighted by atomic mass is 9.93. The molecule has 3 rings (SSSR count). The predicted molar refractivity (Wildman–Crippen MR) is 98.2 cm³/mol. The smallest absolute Gasteiger partial charge is 0.306 e. The minimum absolute atomic E-state index is 0.154. The molecule has 0 radical (unpaired) electrons. The minimum Gasteiger partial charge on any atom is -0.481 e. The number of carbonyl (C=O) groups is 1. The first kappa shape index (κ1) is 17.7. The highest BCUT2D eigenvalue weighted by atomic mass is 32.2. The Hall–Kier alpha value is -2.12. The van der Waals surface area contributed by atoms with E-state index in [2.05, 4.69) is 38.8 Å². The van der Waals surface area contributed by atoms with Crippen LogP contribution in [0.1, 0.15) is 25.8 Å². The van der Waals surface area contributed by atoms with E-state index in [0.717, 1.165) is 40.9 Å². The molecule has 3 N–H and O–H groups in total. The number of carboxylic acids is 1. The Bertz CT molecular complexity index is 768. The summed E-state index contributed by atoms with van der Waals surface area (Å²) in [5.41, 5.74) is 2.23. The maximum Gasteiger partial charge on any atom is 0.306 e. The molecule has 1 aliphatic heterocycles. The molecule has 0 saturated carbocycles. The number of aromatic nitrogens is 2. The van der Waals surface area contributed by atoms with E-state index in [9.17, 15) is 4.79 Å². The molecule has 132 valence electrons. The Morgan fingerprint density at radius 1 is 1.32 bits per heavy atom. The Labute approximate surface area is 151 Å². The Morgan fingerprint density at radius 3 is 2.92 bits per heavy atom. The van der Waals surface area contributed by atoms with Crippen molar-refractivity contribution in [1.82, 2.24) is 15.3 Å². The van der Waals surface area contributed by atoms with Crippen molar-refractivity contribution in [2.45, 2.75) is 36.7 Å². The molecule has 0 spiro atoms. The van der Waals surface area contributed by atoms with Gasteiger partial charge in [-0.25, -0.2) is 9.97 Å². The average molecular weight is 358 g/mol. The number of nitrogens with zero attached hydrogens (tertiary/aromatic N) is 2. The van der Waals surface area contributed by atoms with Gasteiger partial charge in [0.05, 0.1) is 11.6 Å². The van der Waals surface area contributed by atoms with E-state index in [-0.39, 0.29) is 11.8 Å². The molecular formula is C18H22N4O2S. The quantitative estimate of drug-likeness (QED) is 0.557. The minimum atomic E-state index is -0.728. The summed E-state index contributed by atoms with van der Waals surface area (Å²) in [7, 11) is 0. The van der Waals surface area contributed by atoms with E-state index < -0.39 is 5.97 Å². The molecule has 2 heterocycles. The second-order valence-corrected chi connectivity index (χ2v) is 7.37. The van der Waals surface area contributed by atoms with E-state index in [1.165, 1.54) is 5.56 Å². The Balaban J connectivity index is 1.53. The van der Waals surface area contributed by atoms with Gasteiger partial charge < -0.3 is 15.7 Å². The van der Waals surface area contributed by atoms with Crippen LogP contribution in [0.2, 0.25) is 0 Å². The Morgan fingerprint density at radius 2 is 2.12 bits per heavy atom. The van der Waals surface area contributed by atoms with Crippen molar-refractivity contribution in [2.24, 2.45) is 11.8 Å². The van der Waals surface area contributed by atoms with Crippen LogP contribution < -0.4 is 10.6 Å². The number of hydrogen-bond acceptors (Lipinski definition) is 6. The number of aliphatic carboxylic acids is 1. The number of fused-ring (bicyclic) bond motifs is 2. The normalized spacial score (nSPS) is 14.8. The van der Waals surface area contributed by atoms with Gasteiger partial charge in [-0.1, -0.05) is 31.7 Å². The highest BCUT2D eigenvalue weighted by molar-refractivity contribution is 7.99. The summed E-state index contributed by atoms with van der Waals surface area (Å²) in [4.78, 5) is 20.8. The molecule has 0 bridgehead atoms. The molecule has 1 aromatic heterocycles. The number of rotatable bonds is 7. The maximum absolute atomic E-state index is 11.0. The molecule has 2 atom stereocenters. The highest BCUT2D eigenvalue weighted by Gasteiger charge is 2.19. The van der Waals surface area contributed by atoms with Crippen molar-refractivity contribution < 1.29 is 9.90 Å². The van der Waals surface area contributed by atoms with Crippen LogP contribution in [0.5, 0.6) is 0 Å². The molecule has 1 aliphatic rings. The monoisotopic (exact) mass is 358 g/mol. The lowest BCUT2D eigenvalue weighted by molar-refractivity contribution is -0.142. The van der Waals surface area contributed by atoms with E-state index in [0.29, 0.717) is 0 Å². The van der Waals surface area contributed by atoms with Crippen molar-refractivity contribution in [3.63, 3.8) is 0 Å². The molecule has 0 amide bonds. The summed E-state index contributed by atoms with van der Waals surface area (Å²) < 4.78 is 0. The van der Waals surface area contributed by atoms with Crippen LogP contribution >= 0.6 is 11.8 Å². The van der Waals surface area contributed by atoms with Crippen molar-refractivity contribution >= 4 is 29.2 Å². The van der Waals surface area contributed by atoms with E-state index in [1.54, 1.807) is 31.1 Å². The molecule has 0 aliphatic carbocycles. The van der Waals surface area contributed by atoms with Crippen LogP contribution in [0.3, 0.4) is 0 Å². The fourth-order valence-electron chi connectivity index (χ4n) is 2.65. The molecule has 7 heteroatoms. The van der Waals surface area contributed by atoms with Crippen LogP contribution in [0, 0.1) is 11.8 Å². The van der Waals surface area contributed by atoms with Gasteiger partial charge in [-0.2, -0.15) is 0 Å². The fraction of sp³-hybridized carbons (Fsp3) is 0.389. The Kier molecular flexibility index (Phi) is 5.55. The maximum atomic E-state index is 11.0. The average Bonchev–Trinajstić information content (AvgIpc) is 2.62. The van der Waals surface area contributed by atoms with Gasteiger partial charge >= 0.3 is 5.97 Å². The standard InChI is InChI=1S/C18H22N4O2S/c1-11(12(2)18(23)24)5-6-19-10-13-3-4-15-14(9-13)22-16-17(25-15)21-8-7-20-16/h3-4,7-9,11-12,19H,5-6,10H2,1-2H3,(H,20,22)(H,23,24). The van der Waals surface area contributed by atoms with Gasteiger partial charge in [0.15, 0.2) is 5.82 Å². The molecule has 2 unspecified atom stereocenters.